The summed E-state index contributed by atoms with van der Waals surface area (Å²) < 4.78 is 5.61. The molecule has 8 heteroatoms. The summed E-state index contributed by atoms with van der Waals surface area (Å²) in [6.07, 6.45) is 2.31. The van der Waals surface area contributed by atoms with Gasteiger partial charge >= 0.3 is 0 Å². The fourth-order valence-electron chi connectivity index (χ4n) is 3.61. The minimum absolute atomic E-state index is 0.0178. The smallest absolute Gasteiger partial charge is 0.227 e. The van der Waals surface area contributed by atoms with Gasteiger partial charge in [0, 0.05) is 31.0 Å². The lowest BCUT2D eigenvalue weighted by Crippen LogP contribution is -2.24. The van der Waals surface area contributed by atoms with Gasteiger partial charge in [-0.1, -0.05) is 48.6 Å². The number of carbonyl (C=O) groups is 2. The monoisotopic (exact) mass is 450 g/mol. The highest BCUT2D eigenvalue weighted by molar-refractivity contribution is 7.15. The van der Waals surface area contributed by atoms with Gasteiger partial charge in [-0.2, -0.15) is 0 Å². The number of rotatable bonds is 9. The van der Waals surface area contributed by atoms with Gasteiger partial charge in [0.25, 0.3) is 0 Å². The van der Waals surface area contributed by atoms with Crippen LogP contribution in [-0.2, 0) is 16.0 Å². The van der Waals surface area contributed by atoms with Crippen molar-refractivity contribution in [1.29, 1.82) is 0 Å². The summed E-state index contributed by atoms with van der Waals surface area (Å²) >= 11 is 1.34. The molecule has 0 radical (unpaired) electrons. The van der Waals surface area contributed by atoms with E-state index in [0.717, 1.165) is 22.9 Å². The molecular formula is C24H26N4O3S. The molecule has 166 valence electrons. The van der Waals surface area contributed by atoms with Gasteiger partial charge in [-0.05, 0) is 42.7 Å². The first-order valence-electron chi connectivity index (χ1n) is 10.8. The zero-order valence-corrected chi connectivity index (χ0v) is 18.8. The van der Waals surface area contributed by atoms with E-state index >= 15 is 0 Å². The van der Waals surface area contributed by atoms with Crippen LogP contribution in [0.1, 0.15) is 42.7 Å². The second-order valence-corrected chi connectivity index (χ2v) is 8.69. The predicted molar refractivity (Wildman–Crippen MR) is 125 cm³/mol. The number of ether oxygens (including phenoxy) is 1. The summed E-state index contributed by atoms with van der Waals surface area (Å²) in [6, 6.07) is 17.6. The number of nitrogens with zero attached hydrogens (tertiary/aromatic N) is 3. The van der Waals surface area contributed by atoms with Crippen molar-refractivity contribution in [3.05, 3.63) is 65.2 Å². The summed E-state index contributed by atoms with van der Waals surface area (Å²) in [5.74, 6) is 0.738. The van der Waals surface area contributed by atoms with Gasteiger partial charge in [0.15, 0.2) is 0 Å². The second kappa shape index (κ2) is 10.4. The summed E-state index contributed by atoms with van der Waals surface area (Å²) in [4.78, 5) is 26.6. The van der Waals surface area contributed by atoms with Crippen LogP contribution in [0.2, 0.25) is 0 Å². The molecule has 32 heavy (non-hydrogen) atoms. The average Bonchev–Trinajstić information content (AvgIpc) is 3.44. The van der Waals surface area contributed by atoms with Crippen LogP contribution in [0, 0.1) is 0 Å². The Kier molecular flexibility index (Phi) is 7.11. The minimum Gasteiger partial charge on any atom is -0.494 e. The van der Waals surface area contributed by atoms with Crippen LogP contribution < -0.4 is 15.0 Å². The molecule has 1 aliphatic heterocycles. The molecule has 1 aliphatic rings. The van der Waals surface area contributed by atoms with Gasteiger partial charge < -0.3 is 15.0 Å². The molecule has 2 amide bonds. The molecule has 0 bridgehead atoms. The van der Waals surface area contributed by atoms with Crippen molar-refractivity contribution in [1.82, 2.24) is 10.2 Å². The van der Waals surface area contributed by atoms with Crippen LogP contribution in [0.15, 0.2) is 54.6 Å². The Balaban J connectivity index is 1.26. The molecule has 4 rings (SSSR count). The zero-order chi connectivity index (χ0) is 22.3. The lowest BCUT2D eigenvalue weighted by molar-refractivity contribution is -0.117. The van der Waals surface area contributed by atoms with Gasteiger partial charge in [-0.25, -0.2) is 0 Å². The second-order valence-electron chi connectivity index (χ2n) is 7.68. The van der Waals surface area contributed by atoms with E-state index in [4.69, 9.17) is 4.74 Å². The third-order valence-corrected chi connectivity index (χ3v) is 6.38. The molecule has 0 aliphatic carbocycles. The van der Waals surface area contributed by atoms with Gasteiger partial charge in [0.1, 0.15) is 10.8 Å². The number of aryl methyl sites for hydroxylation is 1. The van der Waals surface area contributed by atoms with Crippen molar-refractivity contribution in [3.63, 3.8) is 0 Å². The number of anilines is 2. The third kappa shape index (κ3) is 5.50. The molecule has 3 aromatic rings. The molecule has 1 atom stereocenters. The van der Waals surface area contributed by atoms with Crippen LogP contribution in [-0.4, -0.2) is 35.2 Å². The third-order valence-electron chi connectivity index (χ3n) is 5.38. The maximum atomic E-state index is 12.5. The molecule has 1 unspecified atom stereocenters. The summed E-state index contributed by atoms with van der Waals surface area (Å²) in [6.45, 7) is 3.15. The standard InChI is InChI=1S/C24H26N4O3S/c1-2-17-10-12-19(13-11-17)28-16-18(15-22(28)30)23-26-27-24(32-23)25-21(29)9-6-14-31-20-7-4-3-5-8-20/h3-5,7-8,10-13,18H,2,6,9,14-16H2,1H3,(H,25,27,29). The fourth-order valence-corrected chi connectivity index (χ4v) is 4.46. The maximum Gasteiger partial charge on any atom is 0.227 e. The van der Waals surface area contributed by atoms with Crippen molar-refractivity contribution in [3.8, 4) is 5.75 Å². The summed E-state index contributed by atoms with van der Waals surface area (Å²) in [5.41, 5.74) is 2.15. The lowest BCUT2D eigenvalue weighted by atomic mass is 10.1. The Morgan fingerprint density at radius 3 is 2.69 bits per heavy atom. The van der Waals surface area contributed by atoms with Crippen LogP contribution in [0.25, 0.3) is 0 Å². The topological polar surface area (TPSA) is 84.4 Å². The van der Waals surface area contributed by atoms with Crippen LogP contribution >= 0.6 is 11.3 Å². The van der Waals surface area contributed by atoms with Gasteiger partial charge in [0.2, 0.25) is 16.9 Å². The molecule has 1 aromatic heterocycles. The van der Waals surface area contributed by atoms with Crippen LogP contribution in [0.5, 0.6) is 5.75 Å². The number of hydrogen-bond donors (Lipinski definition) is 1. The number of nitrogens with one attached hydrogen (secondary N) is 1. The highest BCUT2D eigenvalue weighted by atomic mass is 32.1. The minimum atomic E-state index is -0.121. The Hall–Kier alpha value is -3.26. The Morgan fingerprint density at radius 2 is 1.94 bits per heavy atom. The van der Waals surface area contributed by atoms with E-state index in [1.54, 1.807) is 4.90 Å². The molecular weight excluding hydrogens is 424 g/mol. The largest absolute Gasteiger partial charge is 0.494 e. The zero-order valence-electron chi connectivity index (χ0n) is 18.0. The van der Waals surface area contributed by atoms with E-state index in [9.17, 15) is 9.59 Å². The highest BCUT2D eigenvalue weighted by Crippen LogP contribution is 2.34. The summed E-state index contributed by atoms with van der Waals surface area (Å²) in [7, 11) is 0. The Bertz CT molecular complexity index is 1050. The average molecular weight is 451 g/mol. The molecule has 0 saturated carbocycles. The van der Waals surface area contributed by atoms with Crippen LogP contribution in [0.4, 0.5) is 10.8 Å². The summed E-state index contributed by atoms with van der Waals surface area (Å²) in [5, 5.41) is 12.4. The van der Waals surface area contributed by atoms with E-state index < -0.39 is 0 Å². The molecule has 1 fully saturated rings. The van der Waals surface area contributed by atoms with Crippen LogP contribution in [0.3, 0.4) is 0 Å². The number of aromatic nitrogens is 2. The number of para-hydroxylation sites is 1. The normalized spacial score (nSPS) is 15.7. The van der Waals surface area contributed by atoms with Gasteiger partial charge in [0.05, 0.1) is 6.61 Å². The van der Waals surface area contributed by atoms with E-state index in [0.29, 0.717) is 37.5 Å². The molecule has 7 nitrogen and oxygen atoms in total. The van der Waals surface area contributed by atoms with Crippen molar-refractivity contribution in [2.75, 3.05) is 23.4 Å². The van der Waals surface area contributed by atoms with Gasteiger partial charge in [-0.3, -0.25) is 9.59 Å². The Morgan fingerprint density at radius 1 is 1.16 bits per heavy atom. The number of benzene rings is 2. The number of carbonyl (C=O) groups excluding carboxylic acids is 2. The quantitative estimate of drug-likeness (QED) is 0.488. The SMILES string of the molecule is CCc1ccc(N2CC(c3nnc(NC(=O)CCCOc4ccccc4)s3)CC2=O)cc1. The lowest BCUT2D eigenvalue weighted by Gasteiger charge is -2.16. The molecule has 2 heterocycles. The first-order chi connectivity index (χ1) is 15.6. The number of hydrogen-bond acceptors (Lipinski definition) is 6. The Labute approximate surface area is 191 Å². The maximum absolute atomic E-state index is 12.5. The van der Waals surface area contributed by atoms with E-state index in [-0.39, 0.29) is 17.7 Å². The number of amides is 2. The highest BCUT2D eigenvalue weighted by Gasteiger charge is 2.34. The predicted octanol–water partition coefficient (Wildman–Crippen LogP) is 4.42. The fraction of sp³-hybridized carbons (Fsp3) is 0.333. The molecule has 2 aromatic carbocycles. The van der Waals surface area contributed by atoms with E-state index in [2.05, 4.69) is 34.6 Å². The first-order valence-corrected chi connectivity index (χ1v) is 11.6. The van der Waals surface area contributed by atoms with E-state index in [1.165, 1.54) is 16.9 Å². The van der Waals surface area contributed by atoms with Crippen molar-refractivity contribution >= 4 is 34.0 Å². The molecule has 1 saturated heterocycles. The first kappa shape index (κ1) is 22.0. The van der Waals surface area contributed by atoms with Gasteiger partial charge in [-0.15, -0.1) is 10.2 Å². The molecule has 1 N–H and O–H groups in total. The van der Waals surface area contributed by atoms with Crippen molar-refractivity contribution in [2.24, 2.45) is 0 Å². The van der Waals surface area contributed by atoms with E-state index in [1.807, 2.05) is 42.5 Å². The molecule has 0 spiro atoms. The van der Waals surface area contributed by atoms with Crippen molar-refractivity contribution in [2.45, 2.75) is 38.5 Å². The van der Waals surface area contributed by atoms with Crippen molar-refractivity contribution < 1.29 is 14.3 Å².